The van der Waals surface area contributed by atoms with Crippen molar-refractivity contribution in [3.63, 3.8) is 0 Å². The van der Waals surface area contributed by atoms with Crippen LogP contribution in [0.4, 0.5) is 17.1 Å². The van der Waals surface area contributed by atoms with Gasteiger partial charge in [-0.3, -0.25) is 0 Å². The average molecular weight is 678 g/mol. The fourth-order valence-corrected chi connectivity index (χ4v) is 10.9. The minimum atomic E-state index is -0.123. The molecule has 0 radical (unpaired) electrons. The lowest BCUT2D eigenvalue weighted by Crippen LogP contribution is -2.29. The number of hydrogen-bond acceptors (Lipinski definition) is 1. The summed E-state index contributed by atoms with van der Waals surface area (Å²) in [7, 11) is 0. The third-order valence-electron chi connectivity index (χ3n) is 13.9. The first-order valence-corrected chi connectivity index (χ1v) is 20.3. The molecule has 11 rings (SSSR count). The van der Waals surface area contributed by atoms with Crippen molar-refractivity contribution in [2.45, 2.75) is 95.3 Å². The van der Waals surface area contributed by atoms with Crippen molar-refractivity contribution in [2.75, 3.05) is 4.90 Å². The van der Waals surface area contributed by atoms with E-state index in [0.29, 0.717) is 5.92 Å². The molecule has 260 valence electrons. The van der Waals surface area contributed by atoms with Crippen molar-refractivity contribution in [3.05, 3.63) is 150 Å². The van der Waals surface area contributed by atoms with Gasteiger partial charge in [0, 0.05) is 22.5 Å². The summed E-state index contributed by atoms with van der Waals surface area (Å²) >= 11 is 0. The monoisotopic (exact) mass is 677 g/mol. The molecule has 0 spiro atoms. The third kappa shape index (κ3) is 5.42. The van der Waals surface area contributed by atoms with Gasteiger partial charge >= 0.3 is 0 Å². The second-order valence-corrected chi connectivity index (χ2v) is 17.1. The summed E-state index contributed by atoms with van der Waals surface area (Å²) in [5, 5.41) is 2.60. The lowest BCUT2D eigenvalue weighted by atomic mass is 9.63. The van der Waals surface area contributed by atoms with E-state index in [1.54, 1.807) is 5.56 Å². The number of anilines is 3. The van der Waals surface area contributed by atoms with E-state index >= 15 is 0 Å². The van der Waals surface area contributed by atoms with Crippen LogP contribution in [0.3, 0.4) is 0 Å². The standard InChI is InChI=1S/C51H51N/c1-51(2)49-32-40(45-14-8-12-37-11-6-7-13-44(37)45)23-29-46(49)47-30-28-43(33-50(47)51)52(41-24-19-36(20-25-41)35-9-4-3-5-10-35)42-26-21-39(22-27-42)48-31-34-15-17-38(48)18-16-34/h6-8,11-14,19-30,32-35,38,48H,3-5,9-10,15-18,31H2,1-2H3. The first kappa shape index (κ1) is 32.1. The number of hydrogen-bond donors (Lipinski definition) is 0. The van der Waals surface area contributed by atoms with E-state index in [1.807, 2.05) is 0 Å². The van der Waals surface area contributed by atoms with Crippen LogP contribution < -0.4 is 4.90 Å². The van der Waals surface area contributed by atoms with Gasteiger partial charge in [-0.2, -0.15) is 0 Å². The predicted molar refractivity (Wildman–Crippen MR) is 220 cm³/mol. The Morgan fingerprint density at radius 3 is 1.87 bits per heavy atom. The van der Waals surface area contributed by atoms with Gasteiger partial charge in [-0.1, -0.05) is 131 Å². The molecule has 0 aliphatic heterocycles. The van der Waals surface area contributed by atoms with Crippen LogP contribution in [0.25, 0.3) is 33.0 Å². The van der Waals surface area contributed by atoms with Gasteiger partial charge in [0.15, 0.2) is 0 Å². The van der Waals surface area contributed by atoms with Crippen LogP contribution in [-0.4, -0.2) is 0 Å². The zero-order valence-electron chi connectivity index (χ0n) is 31.0. The molecule has 5 aliphatic rings. The zero-order valence-corrected chi connectivity index (χ0v) is 31.0. The Bertz CT molecular complexity index is 2240. The summed E-state index contributed by atoms with van der Waals surface area (Å²) < 4.78 is 0. The molecule has 5 aliphatic carbocycles. The van der Waals surface area contributed by atoms with Crippen molar-refractivity contribution >= 4 is 27.8 Å². The largest absolute Gasteiger partial charge is 0.310 e. The van der Waals surface area contributed by atoms with E-state index in [9.17, 15) is 0 Å². The second-order valence-electron chi connectivity index (χ2n) is 17.1. The van der Waals surface area contributed by atoms with Crippen LogP contribution in [-0.2, 0) is 5.41 Å². The number of benzene rings is 6. The van der Waals surface area contributed by atoms with Gasteiger partial charge in [-0.05, 0) is 154 Å². The minimum absolute atomic E-state index is 0.123. The Morgan fingerprint density at radius 1 is 0.519 bits per heavy atom. The van der Waals surface area contributed by atoms with E-state index in [1.165, 1.54) is 131 Å². The normalized spacial score (nSPS) is 21.9. The second kappa shape index (κ2) is 12.8. The molecule has 4 fully saturated rings. The summed E-state index contributed by atoms with van der Waals surface area (Å²) in [6, 6.07) is 49.3. The topological polar surface area (TPSA) is 3.24 Å². The zero-order chi connectivity index (χ0) is 34.8. The number of nitrogens with zero attached hydrogens (tertiary/aromatic N) is 1. The molecule has 1 atom stereocenters. The molecule has 4 saturated carbocycles. The van der Waals surface area contributed by atoms with Crippen LogP contribution >= 0.6 is 0 Å². The highest BCUT2D eigenvalue weighted by Crippen LogP contribution is 2.53. The molecule has 1 heteroatoms. The maximum absolute atomic E-state index is 2.52. The summed E-state index contributed by atoms with van der Waals surface area (Å²) in [5.74, 6) is 3.26. The van der Waals surface area contributed by atoms with Gasteiger partial charge in [0.2, 0.25) is 0 Å². The number of fused-ring (bicyclic) bond motifs is 7. The molecule has 0 saturated heterocycles. The van der Waals surface area contributed by atoms with E-state index in [4.69, 9.17) is 0 Å². The van der Waals surface area contributed by atoms with Gasteiger partial charge in [0.25, 0.3) is 0 Å². The summed E-state index contributed by atoms with van der Waals surface area (Å²) in [6.07, 6.45) is 13.9. The Morgan fingerprint density at radius 2 is 1.15 bits per heavy atom. The molecule has 0 aromatic heterocycles. The first-order valence-electron chi connectivity index (χ1n) is 20.3. The smallest absolute Gasteiger partial charge is 0.0465 e. The van der Waals surface area contributed by atoms with Crippen LogP contribution in [0.5, 0.6) is 0 Å². The molecule has 1 nitrogen and oxygen atoms in total. The van der Waals surface area contributed by atoms with E-state index in [0.717, 1.165) is 17.8 Å². The van der Waals surface area contributed by atoms with Crippen LogP contribution in [0.1, 0.15) is 112 Å². The average Bonchev–Trinajstić information content (AvgIpc) is 3.44. The fraction of sp³-hybridized carbons (Fsp3) is 0.333. The lowest BCUT2D eigenvalue weighted by Gasteiger charge is -2.42. The van der Waals surface area contributed by atoms with Crippen molar-refractivity contribution in [1.82, 2.24) is 0 Å². The van der Waals surface area contributed by atoms with Gasteiger partial charge in [-0.15, -0.1) is 0 Å². The molecule has 52 heavy (non-hydrogen) atoms. The van der Waals surface area contributed by atoms with Gasteiger partial charge in [-0.25, -0.2) is 0 Å². The molecule has 0 heterocycles. The van der Waals surface area contributed by atoms with Crippen molar-refractivity contribution in [2.24, 2.45) is 11.8 Å². The highest BCUT2D eigenvalue weighted by molar-refractivity contribution is 5.98. The van der Waals surface area contributed by atoms with Crippen molar-refractivity contribution < 1.29 is 0 Å². The molecule has 0 amide bonds. The number of rotatable bonds is 6. The molecular weight excluding hydrogens is 627 g/mol. The molecular formula is C51H51N. The maximum Gasteiger partial charge on any atom is 0.0465 e. The molecule has 1 unspecified atom stereocenters. The van der Waals surface area contributed by atoms with Crippen molar-refractivity contribution in [1.29, 1.82) is 0 Å². The molecule has 6 aromatic rings. The van der Waals surface area contributed by atoms with E-state index in [2.05, 4.69) is 146 Å². The van der Waals surface area contributed by atoms with Gasteiger partial charge < -0.3 is 4.90 Å². The summed E-state index contributed by atoms with van der Waals surface area (Å²) in [6.45, 7) is 4.84. The van der Waals surface area contributed by atoms with Crippen molar-refractivity contribution in [3.8, 4) is 22.3 Å². The summed E-state index contributed by atoms with van der Waals surface area (Å²) in [5.41, 5.74) is 14.8. The molecule has 6 aromatic carbocycles. The third-order valence-corrected chi connectivity index (χ3v) is 13.9. The first-order chi connectivity index (χ1) is 25.5. The highest BCUT2D eigenvalue weighted by Gasteiger charge is 2.38. The maximum atomic E-state index is 2.52. The Hall–Kier alpha value is -4.62. The SMILES string of the molecule is CC1(C)c2cc(-c3cccc4ccccc34)ccc2-c2ccc(N(c3ccc(C4CCCCC4)cc3)c3ccc(C4CC5CCC4CC5)cc3)cc21. The predicted octanol–water partition coefficient (Wildman–Crippen LogP) is 14.6. The Balaban J connectivity index is 1.03. The van der Waals surface area contributed by atoms with Gasteiger partial charge in [0.05, 0.1) is 0 Å². The highest BCUT2D eigenvalue weighted by atomic mass is 15.1. The Labute approximate surface area is 310 Å². The van der Waals surface area contributed by atoms with Crippen LogP contribution in [0, 0.1) is 11.8 Å². The van der Waals surface area contributed by atoms with Crippen LogP contribution in [0.15, 0.2) is 127 Å². The van der Waals surface area contributed by atoms with Crippen LogP contribution in [0.2, 0.25) is 0 Å². The Kier molecular flexibility index (Phi) is 7.89. The minimum Gasteiger partial charge on any atom is -0.310 e. The van der Waals surface area contributed by atoms with E-state index in [-0.39, 0.29) is 5.41 Å². The fourth-order valence-electron chi connectivity index (χ4n) is 10.9. The van der Waals surface area contributed by atoms with E-state index < -0.39 is 0 Å². The molecule has 0 N–H and O–H groups in total. The lowest BCUT2D eigenvalue weighted by molar-refractivity contribution is 0.145. The molecule has 2 bridgehead atoms. The summed E-state index contributed by atoms with van der Waals surface area (Å²) in [4.78, 5) is 2.52. The quantitative estimate of drug-likeness (QED) is 0.170. The van der Waals surface area contributed by atoms with Gasteiger partial charge in [0.1, 0.15) is 0 Å².